The lowest BCUT2D eigenvalue weighted by atomic mass is 10.3. The highest BCUT2D eigenvalue weighted by Crippen LogP contribution is 1.97. The molecule has 146 valence electrons. The third-order valence-corrected chi connectivity index (χ3v) is 3.94. The summed E-state index contributed by atoms with van der Waals surface area (Å²) in [6.07, 6.45) is 3.92. The molecule has 1 saturated heterocycles. The van der Waals surface area contributed by atoms with Gasteiger partial charge in [0, 0.05) is 53.9 Å². The highest BCUT2D eigenvalue weighted by Gasteiger charge is 2.12. The van der Waals surface area contributed by atoms with Gasteiger partial charge >= 0.3 is 0 Å². The summed E-state index contributed by atoms with van der Waals surface area (Å²) in [5.74, 6) is 0.782. The number of amides is 1. The van der Waals surface area contributed by atoms with Crippen molar-refractivity contribution in [2.45, 2.75) is 12.8 Å². The molecule has 0 atom stereocenters. The molecule has 0 aromatic carbocycles. The summed E-state index contributed by atoms with van der Waals surface area (Å²) in [7, 11) is 5.50. The molecule has 0 unspecified atom stereocenters. The number of rotatable bonds is 9. The van der Waals surface area contributed by atoms with Crippen LogP contribution in [0, 0.1) is 0 Å². The lowest BCUT2D eigenvalue weighted by molar-refractivity contribution is -0.127. The second kappa shape index (κ2) is 14.3. The Labute approximate surface area is 169 Å². The average Bonchev–Trinajstić information content (AvgIpc) is 2.58. The standard InChI is InChI=1S/C17H33N5O2.HI/c1-5-6-7-9-21(4)17(19-15-16(23)20(2)3)18-8-10-22-11-13-24-14-12-22;/h5H,1,6-15H2,2-4H3,(H,18,19);1H. The van der Waals surface area contributed by atoms with Gasteiger partial charge in [-0.25, -0.2) is 4.99 Å². The van der Waals surface area contributed by atoms with E-state index >= 15 is 0 Å². The van der Waals surface area contributed by atoms with Crippen LogP contribution in [-0.2, 0) is 9.53 Å². The summed E-state index contributed by atoms with van der Waals surface area (Å²) in [6.45, 7) is 10.1. The maximum atomic E-state index is 11.8. The van der Waals surface area contributed by atoms with Crippen molar-refractivity contribution >= 4 is 35.8 Å². The number of hydrogen-bond acceptors (Lipinski definition) is 4. The van der Waals surface area contributed by atoms with Crippen molar-refractivity contribution in [2.24, 2.45) is 4.99 Å². The summed E-state index contributed by atoms with van der Waals surface area (Å²) >= 11 is 0. The number of allylic oxidation sites excluding steroid dienone is 1. The average molecular weight is 467 g/mol. The summed E-state index contributed by atoms with van der Waals surface area (Å²) in [4.78, 5) is 22.3. The number of carbonyl (C=O) groups excluding carboxylic acids is 1. The van der Waals surface area contributed by atoms with Crippen LogP contribution in [-0.4, -0.2) is 100 Å². The van der Waals surface area contributed by atoms with Gasteiger partial charge in [-0.2, -0.15) is 0 Å². The largest absolute Gasteiger partial charge is 0.379 e. The second-order valence-electron chi connectivity index (χ2n) is 6.16. The zero-order chi connectivity index (χ0) is 17.8. The molecule has 1 amide bonds. The van der Waals surface area contributed by atoms with Gasteiger partial charge in [-0.1, -0.05) is 6.08 Å². The minimum absolute atomic E-state index is 0. The Morgan fingerprint density at radius 2 is 2.00 bits per heavy atom. The number of aliphatic imine (C=N–C) groups is 1. The third-order valence-electron chi connectivity index (χ3n) is 3.94. The van der Waals surface area contributed by atoms with Crippen LogP contribution in [0.25, 0.3) is 0 Å². The van der Waals surface area contributed by atoms with Crippen LogP contribution in [0.2, 0.25) is 0 Å². The van der Waals surface area contributed by atoms with E-state index in [9.17, 15) is 4.79 Å². The number of unbranched alkanes of at least 4 members (excludes halogenated alkanes) is 1. The van der Waals surface area contributed by atoms with Crippen LogP contribution < -0.4 is 5.32 Å². The number of carbonyl (C=O) groups is 1. The first-order valence-corrected chi connectivity index (χ1v) is 8.65. The Morgan fingerprint density at radius 1 is 1.32 bits per heavy atom. The van der Waals surface area contributed by atoms with Gasteiger partial charge in [0.25, 0.3) is 0 Å². The SMILES string of the molecule is C=CCCCN(C)C(=NCC(=O)N(C)C)NCCN1CCOCC1.I. The van der Waals surface area contributed by atoms with E-state index in [0.717, 1.165) is 64.7 Å². The van der Waals surface area contributed by atoms with Crippen LogP contribution in [0.3, 0.4) is 0 Å². The van der Waals surface area contributed by atoms with Gasteiger partial charge in [-0.3, -0.25) is 9.69 Å². The number of nitrogens with one attached hydrogen (secondary N) is 1. The number of morpholine rings is 1. The van der Waals surface area contributed by atoms with Crippen molar-refractivity contribution in [1.29, 1.82) is 0 Å². The van der Waals surface area contributed by atoms with Crippen LogP contribution in [0.1, 0.15) is 12.8 Å². The van der Waals surface area contributed by atoms with Crippen molar-refractivity contribution in [2.75, 3.05) is 73.6 Å². The van der Waals surface area contributed by atoms with Gasteiger partial charge in [-0.15, -0.1) is 30.6 Å². The molecule has 25 heavy (non-hydrogen) atoms. The molecule has 1 heterocycles. The van der Waals surface area contributed by atoms with E-state index in [-0.39, 0.29) is 36.4 Å². The summed E-state index contributed by atoms with van der Waals surface area (Å²) < 4.78 is 5.36. The van der Waals surface area contributed by atoms with E-state index in [1.54, 1.807) is 19.0 Å². The van der Waals surface area contributed by atoms with Crippen LogP contribution in [0.5, 0.6) is 0 Å². The lowest BCUT2D eigenvalue weighted by Crippen LogP contribution is -2.45. The van der Waals surface area contributed by atoms with Gasteiger partial charge in [0.15, 0.2) is 5.96 Å². The van der Waals surface area contributed by atoms with E-state index in [1.165, 1.54) is 0 Å². The molecule has 0 aromatic heterocycles. The van der Waals surface area contributed by atoms with Crippen molar-refractivity contribution in [1.82, 2.24) is 20.0 Å². The number of ether oxygens (including phenoxy) is 1. The van der Waals surface area contributed by atoms with Gasteiger partial charge in [0.1, 0.15) is 6.54 Å². The molecular weight excluding hydrogens is 433 g/mol. The topological polar surface area (TPSA) is 60.4 Å². The summed E-state index contributed by atoms with van der Waals surface area (Å²) in [5, 5.41) is 3.38. The molecule has 1 fully saturated rings. The van der Waals surface area contributed by atoms with E-state index in [4.69, 9.17) is 4.74 Å². The molecule has 0 bridgehead atoms. The third kappa shape index (κ3) is 10.7. The quantitative estimate of drug-likeness (QED) is 0.179. The van der Waals surface area contributed by atoms with E-state index < -0.39 is 0 Å². The number of likely N-dealkylation sites (N-methyl/N-ethyl adjacent to an activating group) is 1. The molecule has 1 aliphatic rings. The minimum Gasteiger partial charge on any atom is -0.379 e. The van der Waals surface area contributed by atoms with Crippen LogP contribution in [0.4, 0.5) is 0 Å². The lowest BCUT2D eigenvalue weighted by Gasteiger charge is -2.28. The van der Waals surface area contributed by atoms with E-state index in [2.05, 4.69) is 26.7 Å². The Hall–Kier alpha value is -0.870. The monoisotopic (exact) mass is 467 g/mol. The molecule has 1 aliphatic heterocycles. The van der Waals surface area contributed by atoms with Gasteiger partial charge in [-0.05, 0) is 12.8 Å². The maximum absolute atomic E-state index is 11.8. The first kappa shape index (κ1) is 24.1. The van der Waals surface area contributed by atoms with Gasteiger partial charge in [0.05, 0.1) is 13.2 Å². The molecular formula is C17H34IN5O2. The van der Waals surface area contributed by atoms with E-state index in [0.29, 0.717) is 0 Å². The van der Waals surface area contributed by atoms with Crippen molar-refractivity contribution in [3.05, 3.63) is 12.7 Å². The maximum Gasteiger partial charge on any atom is 0.243 e. The van der Waals surface area contributed by atoms with Gasteiger partial charge < -0.3 is 19.9 Å². The fraction of sp³-hybridized carbons (Fsp3) is 0.765. The number of nitrogens with zero attached hydrogens (tertiary/aromatic N) is 4. The molecule has 1 N–H and O–H groups in total. The highest BCUT2D eigenvalue weighted by molar-refractivity contribution is 14.0. The Bertz CT molecular complexity index is 412. The van der Waals surface area contributed by atoms with Crippen molar-refractivity contribution in [3.8, 4) is 0 Å². The first-order valence-electron chi connectivity index (χ1n) is 8.65. The zero-order valence-corrected chi connectivity index (χ0v) is 18.2. The summed E-state index contributed by atoms with van der Waals surface area (Å²) in [5.41, 5.74) is 0. The molecule has 8 heteroatoms. The zero-order valence-electron chi connectivity index (χ0n) is 15.9. The Kier molecular flexibility index (Phi) is 13.8. The predicted molar refractivity (Wildman–Crippen MR) is 114 cm³/mol. The van der Waals surface area contributed by atoms with Crippen LogP contribution >= 0.6 is 24.0 Å². The second-order valence-corrected chi connectivity index (χ2v) is 6.16. The number of halogens is 1. The smallest absolute Gasteiger partial charge is 0.243 e. The number of hydrogen-bond donors (Lipinski definition) is 1. The molecule has 0 aliphatic carbocycles. The number of guanidine groups is 1. The molecule has 0 aromatic rings. The minimum atomic E-state index is 0. The van der Waals surface area contributed by atoms with Crippen LogP contribution in [0.15, 0.2) is 17.6 Å². The molecule has 0 spiro atoms. The predicted octanol–water partition coefficient (Wildman–Crippen LogP) is 0.868. The summed E-state index contributed by atoms with van der Waals surface area (Å²) in [6, 6.07) is 0. The fourth-order valence-corrected chi connectivity index (χ4v) is 2.32. The first-order chi connectivity index (χ1) is 11.5. The molecule has 7 nitrogen and oxygen atoms in total. The molecule has 0 saturated carbocycles. The Morgan fingerprint density at radius 3 is 2.60 bits per heavy atom. The molecule has 1 rings (SSSR count). The van der Waals surface area contributed by atoms with Crippen molar-refractivity contribution < 1.29 is 9.53 Å². The van der Waals surface area contributed by atoms with E-state index in [1.807, 2.05) is 13.1 Å². The normalized spacial score (nSPS) is 15.2. The fourth-order valence-electron chi connectivity index (χ4n) is 2.32. The van der Waals surface area contributed by atoms with Crippen molar-refractivity contribution in [3.63, 3.8) is 0 Å². The highest BCUT2D eigenvalue weighted by atomic mass is 127. The molecule has 0 radical (unpaired) electrons. The van der Waals surface area contributed by atoms with Gasteiger partial charge in [0.2, 0.25) is 5.91 Å². The Balaban J connectivity index is 0.00000576.